The van der Waals surface area contributed by atoms with Gasteiger partial charge < -0.3 is 14.7 Å². The van der Waals surface area contributed by atoms with Crippen LogP contribution in [0.25, 0.3) is 0 Å². The molecule has 0 atom stereocenters. The average molecular weight is 258 g/mol. The normalized spacial score (nSPS) is 10.0. The number of amides is 1. The Labute approximate surface area is 111 Å². The van der Waals surface area contributed by atoms with E-state index in [0.717, 1.165) is 0 Å². The Balaban J connectivity index is 2.33. The maximum absolute atomic E-state index is 12.3. The van der Waals surface area contributed by atoms with E-state index in [1.54, 1.807) is 26.3 Å². The summed E-state index contributed by atoms with van der Waals surface area (Å²) in [6.07, 6.45) is 2.69. The molecule has 0 aliphatic carbocycles. The molecule has 0 fully saturated rings. The van der Waals surface area contributed by atoms with Crippen molar-refractivity contribution in [3.63, 3.8) is 0 Å². The van der Waals surface area contributed by atoms with Gasteiger partial charge in [0.2, 0.25) is 0 Å². The molecule has 2 rings (SSSR count). The first-order valence-corrected chi connectivity index (χ1v) is 5.68. The summed E-state index contributed by atoms with van der Waals surface area (Å²) in [7, 11) is 3.19. The Morgan fingerprint density at radius 2 is 2.05 bits per heavy atom. The van der Waals surface area contributed by atoms with Crippen molar-refractivity contribution in [3.05, 3.63) is 48.3 Å². The van der Waals surface area contributed by atoms with Gasteiger partial charge in [0.15, 0.2) is 0 Å². The lowest BCUT2D eigenvalue weighted by molar-refractivity contribution is 0.0991. The van der Waals surface area contributed by atoms with E-state index in [1.165, 1.54) is 23.4 Å². The van der Waals surface area contributed by atoms with Crippen LogP contribution in [0.5, 0.6) is 11.5 Å². The molecule has 0 radical (unpaired) electrons. The SMILES string of the molecule is COc1ccccc1N(C)C(=O)c1cncc(O)c1. The van der Waals surface area contributed by atoms with E-state index < -0.39 is 0 Å². The van der Waals surface area contributed by atoms with Gasteiger partial charge >= 0.3 is 0 Å². The number of aromatic hydroxyl groups is 1. The van der Waals surface area contributed by atoms with Crippen molar-refractivity contribution in [1.82, 2.24) is 4.98 Å². The fourth-order valence-electron chi connectivity index (χ4n) is 1.75. The number of para-hydroxylation sites is 2. The predicted molar refractivity (Wildman–Crippen MR) is 71.6 cm³/mol. The molecule has 0 aliphatic rings. The monoisotopic (exact) mass is 258 g/mol. The number of rotatable bonds is 3. The van der Waals surface area contributed by atoms with Crippen LogP contribution in [0, 0.1) is 0 Å². The fraction of sp³-hybridized carbons (Fsp3) is 0.143. The second kappa shape index (κ2) is 5.39. The van der Waals surface area contributed by atoms with Crippen LogP contribution in [-0.2, 0) is 0 Å². The van der Waals surface area contributed by atoms with Crippen molar-refractivity contribution < 1.29 is 14.6 Å². The molecular weight excluding hydrogens is 244 g/mol. The summed E-state index contributed by atoms with van der Waals surface area (Å²) in [5, 5.41) is 9.36. The summed E-state index contributed by atoms with van der Waals surface area (Å²) in [6.45, 7) is 0. The van der Waals surface area contributed by atoms with Crippen LogP contribution in [-0.4, -0.2) is 30.2 Å². The average Bonchev–Trinajstić information content (AvgIpc) is 2.45. The second-order valence-corrected chi connectivity index (χ2v) is 3.97. The Kier molecular flexibility index (Phi) is 3.66. The van der Waals surface area contributed by atoms with Gasteiger partial charge in [0.05, 0.1) is 24.6 Å². The van der Waals surface area contributed by atoms with Crippen LogP contribution in [0.2, 0.25) is 0 Å². The number of ether oxygens (including phenoxy) is 1. The number of benzene rings is 1. The largest absolute Gasteiger partial charge is 0.506 e. The molecule has 1 heterocycles. The van der Waals surface area contributed by atoms with Crippen molar-refractivity contribution in [2.75, 3.05) is 19.1 Å². The maximum atomic E-state index is 12.3. The summed E-state index contributed by atoms with van der Waals surface area (Å²) in [6, 6.07) is 8.59. The molecule has 0 saturated heterocycles. The lowest BCUT2D eigenvalue weighted by Gasteiger charge is -2.19. The summed E-state index contributed by atoms with van der Waals surface area (Å²) in [5.41, 5.74) is 0.965. The molecule has 0 saturated carbocycles. The molecule has 0 unspecified atom stereocenters. The maximum Gasteiger partial charge on any atom is 0.259 e. The van der Waals surface area contributed by atoms with Gasteiger partial charge in [0, 0.05) is 13.2 Å². The van der Waals surface area contributed by atoms with Crippen molar-refractivity contribution in [2.24, 2.45) is 0 Å². The zero-order chi connectivity index (χ0) is 13.8. The summed E-state index contributed by atoms with van der Waals surface area (Å²) in [4.78, 5) is 17.5. The number of methoxy groups -OCH3 is 1. The molecule has 1 amide bonds. The van der Waals surface area contributed by atoms with E-state index in [1.807, 2.05) is 12.1 Å². The number of anilines is 1. The van der Waals surface area contributed by atoms with Gasteiger partial charge in [-0.1, -0.05) is 12.1 Å². The quantitative estimate of drug-likeness (QED) is 0.915. The summed E-state index contributed by atoms with van der Waals surface area (Å²) >= 11 is 0. The zero-order valence-corrected chi connectivity index (χ0v) is 10.7. The highest BCUT2D eigenvalue weighted by Crippen LogP contribution is 2.27. The van der Waals surface area contributed by atoms with Gasteiger partial charge in [-0.25, -0.2) is 0 Å². The Bertz CT molecular complexity index is 599. The third-order valence-corrected chi connectivity index (χ3v) is 2.72. The molecular formula is C14H14N2O3. The molecule has 5 heteroatoms. The van der Waals surface area contributed by atoms with Gasteiger partial charge in [0.1, 0.15) is 11.5 Å². The van der Waals surface area contributed by atoms with E-state index in [9.17, 15) is 9.90 Å². The number of aromatic nitrogens is 1. The van der Waals surface area contributed by atoms with E-state index in [2.05, 4.69) is 4.98 Å². The molecule has 5 nitrogen and oxygen atoms in total. The van der Waals surface area contributed by atoms with Crippen LogP contribution >= 0.6 is 0 Å². The fourth-order valence-corrected chi connectivity index (χ4v) is 1.75. The van der Waals surface area contributed by atoms with Crippen molar-refractivity contribution in [2.45, 2.75) is 0 Å². The Hall–Kier alpha value is -2.56. The number of pyridine rings is 1. The van der Waals surface area contributed by atoms with Crippen molar-refractivity contribution >= 4 is 11.6 Å². The number of hydrogen-bond acceptors (Lipinski definition) is 4. The van der Waals surface area contributed by atoms with Crippen LogP contribution < -0.4 is 9.64 Å². The van der Waals surface area contributed by atoms with Crippen molar-refractivity contribution in [3.8, 4) is 11.5 Å². The van der Waals surface area contributed by atoms with E-state index in [-0.39, 0.29) is 11.7 Å². The van der Waals surface area contributed by atoms with Crippen LogP contribution in [0.4, 0.5) is 5.69 Å². The molecule has 19 heavy (non-hydrogen) atoms. The van der Waals surface area contributed by atoms with E-state index in [0.29, 0.717) is 17.0 Å². The van der Waals surface area contributed by atoms with Crippen LogP contribution in [0.3, 0.4) is 0 Å². The van der Waals surface area contributed by atoms with Gasteiger partial charge in [-0.2, -0.15) is 0 Å². The van der Waals surface area contributed by atoms with Gasteiger partial charge in [-0.3, -0.25) is 9.78 Å². The first kappa shape index (κ1) is 12.9. The number of nitrogens with zero attached hydrogens (tertiary/aromatic N) is 2. The molecule has 1 N–H and O–H groups in total. The predicted octanol–water partition coefficient (Wildman–Crippen LogP) is 2.07. The highest BCUT2D eigenvalue weighted by atomic mass is 16.5. The minimum Gasteiger partial charge on any atom is -0.506 e. The molecule has 0 bridgehead atoms. The van der Waals surface area contributed by atoms with Crippen LogP contribution in [0.1, 0.15) is 10.4 Å². The van der Waals surface area contributed by atoms with Crippen LogP contribution in [0.15, 0.2) is 42.7 Å². The third kappa shape index (κ3) is 2.65. The highest BCUT2D eigenvalue weighted by Gasteiger charge is 2.17. The number of carbonyl (C=O) groups is 1. The van der Waals surface area contributed by atoms with E-state index in [4.69, 9.17) is 4.74 Å². The number of hydrogen-bond donors (Lipinski definition) is 1. The smallest absolute Gasteiger partial charge is 0.259 e. The van der Waals surface area contributed by atoms with Gasteiger partial charge in [-0.15, -0.1) is 0 Å². The second-order valence-electron chi connectivity index (χ2n) is 3.97. The molecule has 0 aliphatic heterocycles. The van der Waals surface area contributed by atoms with E-state index >= 15 is 0 Å². The molecule has 1 aromatic carbocycles. The molecule has 2 aromatic rings. The van der Waals surface area contributed by atoms with Gasteiger partial charge in [0.25, 0.3) is 5.91 Å². The number of carbonyl (C=O) groups excluding carboxylic acids is 1. The highest BCUT2D eigenvalue weighted by molar-refractivity contribution is 6.06. The molecule has 1 aromatic heterocycles. The molecule has 98 valence electrons. The Morgan fingerprint density at radius 1 is 1.32 bits per heavy atom. The third-order valence-electron chi connectivity index (χ3n) is 2.72. The van der Waals surface area contributed by atoms with Gasteiger partial charge in [-0.05, 0) is 18.2 Å². The van der Waals surface area contributed by atoms with Crippen molar-refractivity contribution in [1.29, 1.82) is 0 Å². The summed E-state index contributed by atoms with van der Waals surface area (Å²) < 4.78 is 5.22. The lowest BCUT2D eigenvalue weighted by atomic mass is 10.2. The lowest BCUT2D eigenvalue weighted by Crippen LogP contribution is -2.26. The Morgan fingerprint density at radius 3 is 2.74 bits per heavy atom. The zero-order valence-electron chi connectivity index (χ0n) is 10.7. The first-order chi connectivity index (χ1) is 9.13. The molecule has 0 spiro atoms. The topological polar surface area (TPSA) is 62.7 Å². The minimum atomic E-state index is -0.270. The first-order valence-electron chi connectivity index (χ1n) is 5.68. The summed E-state index contributed by atoms with van der Waals surface area (Å²) in [5.74, 6) is 0.290. The standard InChI is InChI=1S/C14H14N2O3/c1-16(12-5-3-4-6-13(12)19-2)14(18)10-7-11(17)9-15-8-10/h3-9,17H,1-2H3. The minimum absolute atomic E-state index is 0.0423.